The van der Waals surface area contributed by atoms with Crippen molar-refractivity contribution in [1.82, 2.24) is 0 Å². The minimum atomic E-state index is -2.17. The lowest BCUT2D eigenvalue weighted by Crippen LogP contribution is -2.07. The largest absolute Gasteiger partial charge is 0.631 e. The summed E-state index contributed by atoms with van der Waals surface area (Å²) in [4.78, 5) is 0. The van der Waals surface area contributed by atoms with Crippen molar-refractivity contribution in [3.8, 4) is 0 Å². The molecule has 0 amide bonds. The molecule has 0 atom stereocenters. The minimum Gasteiger partial charge on any atom is -0.402 e. The molecule has 0 radical (unpaired) electrons. The molecule has 0 aliphatic carbocycles. The normalized spacial score (nSPS) is 9.15. The van der Waals surface area contributed by atoms with Gasteiger partial charge in [0, 0.05) is 4.70 Å². The van der Waals surface area contributed by atoms with E-state index in [1.807, 2.05) is 0 Å². The first kappa shape index (κ1) is 10.2. The number of hydrogen-bond donors (Lipinski definition) is 3. The Hall–Kier alpha value is -0.875. The van der Waals surface area contributed by atoms with Crippen molar-refractivity contribution in [2.75, 3.05) is 0 Å². The van der Waals surface area contributed by atoms with Crippen molar-refractivity contribution in [3.63, 3.8) is 0 Å². The first-order chi connectivity index (χ1) is 6.20. The van der Waals surface area contributed by atoms with Gasteiger partial charge in [0.1, 0.15) is 0 Å². The van der Waals surface area contributed by atoms with Crippen LogP contribution in [0.4, 0.5) is 0 Å². The van der Waals surface area contributed by atoms with Gasteiger partial charge in [-0.1, -0.05) is 18.2 Å². The molecule has 0 spiro atoms. The number of hydrogen-bond acceptors (Lipinski definition) is 4. The molecular weight excluding hydrogens is 187 g/mol. The zero-order valence-electron chi connectivity index (χ0n) is 6.79. The van der Waals surface area contributed by atoms with Gasteiger partial charge < -0.3 is 15.1 Å². The Kier molecular flexibility index (Phi) is 3.91. The number of fused-ring (bicyclic) bond motifs is 1. The quantitative estimate of drug-likeness (QED) is 0.547. The summed E-state index contributed by atoms with van der Waals surface area (Å²) in [5.41, 5.74) is 0. The molecule has 1 aromatic carbocycles. The van der Waals surface area contributed by atoms with Gasteiger partial charge in [-0.15, -0.1) is 11.3 Å². The van der Waals surface area contributed by atoms with Crippen molar-refractivity contribution in [2.24, 2.45) is 0 Å². The molecule has 1 aromatic heterocycles. The van der Waals surface area contributed by atoms with E-state index in [2.05, 4.69) is 35.7 Å². The van der Waals surface area contributed by atoms with Gasteiger partial charge in [0.15, 0.2) is 0 Å². The van der Waals surface area contributed by atoms with E-state index < -0.39 is 7.32 Å². The highest BCUT2D eigenvalue weighted by Crippen LogP contribution is 2.18. The highest BCUT2D eigenvalue weighted by atomic mass is 32.1. The Bertz CT molecular complexity index is 328. The molecule has 1 heterocycles. The van der Waals surface area contributed by atoms with Crippen molar-refractivity contribution in [2.45, 2.75) is 0 Å². The summed E-state index contributed by atoms with van der Waals surface area (Å²) in [7, 11) is -2.17. The summed E-state index contributed by atoms with van der Waals surface area (Å²) >= 11 is 1.79. The van der Waals surface area contributed by atoms with Gasteiger partial charge >= 0.3 is 7.32 Å². The summed E-state index contributed by atoms with van der Waals surface area (Å²) in [5, 5.41) is 25.0. The third-order valence-corrected chi connectivity index (χ3v) is 2.26. The lowest BCUT2D eigenvalue weighted by Gasteiger charge is -1.82. The van der Waals surface area contributed by atoms with Crippen LogP contribution in [0.5, 0.6) is 0 Å². The molecule has 68 valence electrons. The van der Waals surface area contributed by atoms with Gasteiger partial charge in [-0.2, -0.15) is 0 Å². The van der Waals surface area contributed by atoms with Crippen molar-refractivity contribution in [3.05, 3.63) is 35.7 Å². The van der Waals surface area contributed by atoms with Crippen LogP contribution >= 0.6 is 11.3 Å². The van der Waals surface area contributed by atoms with Crippen LogP contribution in [0.3, 0.4) is 0 Å². The second kappa shape index (κ2) is 4.99. The molecule has 5 heteroatoms. The Morgan fingerprint density at radius 3 is 2.23 bits per heavy atom. The summed E-state index contributed by atoms with van der Waals surface area (Å²) in [6.45, 7) is 0. The fraction of sp³-hybridized carbons (Fsp3) is 0. The van der Waals surface area contributed by atoms with Gasteiger partial charge in [0.25, 0.3) is 0 Å². The summed E-state index contributed by atoms with van der Waals surface area (Å²) in [6.07, 6.45) is 0. The second-order valence-corrected chi connectivity index (χ2v) is 3.25. The SMILES string of the molecule is OB(O)O.c1ccc2sccc2c1. The molecule has 3 N–H and O–H groups in total. The topological polar surface area (TPSA) is 60.7 Å². The van der Waals surface area contributed by atoms with E-state index >= 15 is 0 Å². The average molecular weight is 196 g/mol. The Balaban J connectivity index is 0.000000184. The zero-order chi connectivity index (χ0) is 9.68. The van der Waals surface area contributed by atoms with E-state index in [1.165, 1.54) is 10.1 Å². The molecule has 0 saturated heterocycles. The maximum Gasteiger partial charge on any atom is 0.631 e. The molecule has 0 unspecified atom stereocenters. The van der Waals surface area contributed by atoms with Crippen LogP contribution in [0.1, 0.15) is 0 Å². The molecule has 0 aliphatic heterocycles. The van der Waals surface area contributed by atoms with E-state index in [0.717, 1.165) is 0 Å². The Labute approximate surface area is 80.1 Å². The molecule has 0 saturated carbocycles. The molecular formula is C8H9BO3S. The first-order valence-electron chi connectivity index (χ1n) is 3.66. The van der Waals surface area contributed by atoms with Crippen LogP contribution in [0.2, 0.25) is 0 Å². The zero-order valence-corrected chi connectivity index (χ0v) is 7.61. The molecule has 2 rings (SSSR count). The summed E-state index contributed by atoms with van der Waals surface area (Å²) in [6, 6.07) is 10.5. The van der Waals surface area contributed by atoms with Crippen LogP contribution in [-0.4, -0.2) is 22.4 Å². The lowest BCUT2D eigenvalue weighted by molar-refractivity contribution is 0.278. The van der Waals surface area contributed by atoms with Crippen LogP contribution in [0, 0.1) is 0 Å². The maximum absolute atomic E-state index is 7.17. The van der Waals surface area contributed by atoms with Crippen molar-refractivity contribution >= 4 is 28.7 Å². The van der Waals surface area contributed by atoms with E-state index in [0.29, 0.717) is 0 Å². The fourth-order valence-electron chi connectivity index (χ4n) is 0.906. The maximum atomic E-state index is 7.17. The van der Waals surface area contributed by atoms with Gasteiger partial charge in [0.05, 0.1) is 0 Å². The molecule has 0 fully saturated rings. The molecule has 3 nitrogen and oxygen atoms in total. The summed E-state index contributed by atoms with van der Waals surface area (Å²) < 4.78 is 1.37. The van der Waals surface area contributed by atoms with Crippen LogP contribution in [0.25, 0.3) is 10.1 Å². The minimum absolute atomic E-state index is 1.35. The van der Waals surface area contributed by atoms with E-state index in [4.69, 9.17) is 15.1 Å². The third-order valence-electron chi connectivity index (χ3n) is 1.36. The standard InChI is InChI=1S/C8H6S.BH3O3/c1-2-4-8-7(3-1)5-6-9-8;2-1(3)4/h1-6H;2-4H. The number of benzene rings is 1. The van der Waals surface area contributed by atoms with Crippen LogP contribution in [-0.2, 0) is 0 Å². The first-order valence-corrected chi connectivity index (χ1v) is 4.54. The Morgan fingerprint density at radius 1 is 1.00 bits per heavy atom. The highest BCUT2D eigenvalue weighted by molar-refractivity contribution is 7.17. The Morgan fingerprint density at radius 2 is 1.62 bits per heavy atom. The van der Waals surface area contributed by atoms with E-state index in [1.54, 1.807) is 11.3 Å². The highest BCUT2D eigenvalue weighted by Gasteiger charge is 1.92. The van der Waals surface area contributed by atoms with Crippen LogP contribution in [0.15, 0.2) is 35.7 Å². The predicted octanol–water partition coefficient (Wildman–Crippen LogP) is 0.850. The predicted molar refractivity (Wildman–Crippen MR) is 54.2 cm³/mol. The van der Waals surface area contributed by atoms with Gasteiger partial charge in [-0.05, 0) is 22.9 Å². The molecule has 0 bridgehead atoms. The van der Waals surface area contributed by atoms with Gasteiger partial charge in [-0.3, -0.25) is 0 Å². The molecule has 0 aliphatic rings. The second-order valence-electron chi connectivity index (χ2n) is 2.30. The van der Waals surface area contributed by atoms with E-state index in [-0.39, 0.29) is 0 Å². The number of thiophene rings is 1. The van der Waals surface area contributed by atoms with Crippen molar-refractivity contribution in [1.29, 1.82) is 0 Å². The van der Waals surface area contributed by atoms with Crippen molar-refractivity contribution < 1.29 is 15.1 Å². The van der Waals surface area contributed by atoms with Gasteiger partial charge in [0.2, 0.25) is 0 Å². The smallest absolute Gasteiger partial charge is 0.402 e. The van der Waals surface area contributed by atoms with Crippen LogP contribution < -0.4 is 0 Å². The van der Waals surface area contributed by atoms with E-state index in [9.17, 15) is 0 Å². The third kappa shape index (κ3) is 3.56. The number of rotatable bonds is 0. The fourth-order valence-corrected chi connectivity index (χ4v) is 1.70. The van der Waals surface area contributed by atoms with Gasteiger partial charge in [-0.25, -0.2) is 0 Å². The summed E-state index contributed by atoms with van der Waals surface area (Å²) in [5.74, 6) is 0. The molecule has 13 heavy (non-hydrogen) atoms. The molecule has 2 aromatic rings. The monoisotopic (exact) mass is 196 g/mol. The average Bonchev–Trinajstić information content (AvgIpc) is 2.49. The lowest BCUT2D eigenvalue weighted by atomic mass is 10.3.